The number of hydrogen-bond donors (Lipinski definition) is 1. The maximum absolute atomic E-state index is 13.1. The van der Waals surface area contributed by atoms with E-state index in [2.05, 4.69) is 15.9 Å². The third-order valence-electron chi connectivity index (χ3n) is 5.05. The lowest BCUT2D eigenvalue weighted by molar-refractivity contribution is -0.117. The molecule has 0 saturated carbocycles. The molecule has 0 radical (unpaired) electrons. The van der Waals surface area contributed by atoms with Gasteiger partial charge in [0, 0.05) is 15.7 Å². The summed E-state index contributed by atoms with van der Waals surface area (Å²) >= 11 is 3.53. The van der Waals surface area contributed by atoms with E-state index in [-0.39, 0.29) is 11.7 Å². The van der Waals surface area contributed by atoms with Gasteiger partial charge in [-0.15, -0.1) is 0 Å². The fraction of sp³-hybridized carbons (Fsp3) is 0.125. The highest BCUT2D eigenvalue weighted by atomic mass is 79.9. The zero-order valence-electron chi connectivity index (χ0n) is 15.7. The maximum Gasteiger partial charge on any atom is 0.294 e. The summed E-state index contributed by atoms with van der Waals surface area (Å²) in [5, 5.41) is 10.8. The summed E-state index contributed by atoms with van der Waals surface area (Å²) in [6, 6.07) is 23.1. The standard InChI is InChI=1S/C24H20BrNO2/c1-15-6-10-17(11-7-15)21-22(18-4-3-5-19(25)14-18)26(24(28)23(21)27)20-12-8-16(2)9-13-20/h3-14,22,27H,1-2H3/t22-/m1/s1. The van der Waals surface area contributed by atoms with Gasteiger partial charge in [0.25, 0.3) is 5.91 Å². The van der Waals surface area contributed by atoms with Crippen LogP contribution in [0.3, 0.4) is 0 Å². The van der Waals surface area contributed by atoms with E-state index in [0.717, 1.165) is 32.4 Å². The van der Waals surface area contributed by atoms with Crippen LogP contribution in [0, 0.1) is 13.8 Å². The number of aliphatic hydroxyl groups is 1. The molecule has 0 saturated heterocycles. The molecule has 0 unspecified atom stereocenters. The average Bonchev–Trinajstić information content (AvgIpc) is 2.95. The number of hydrogen-bond acceptors (Lipinski definition) is 2. The average molecular weight is 434 g/mol. The molecule has 4 heteroatoms. The maximum atomic E-state index is 13.1. The Morgan fingerprint density at radius 1 is 0.893 bits per heavy atom. The van der Waals surface area contributed by atoms with Crippen LogP contribution in [0.2, 0.25) is 0 Å². The first-order chi connectivity index (χ1) is 13.5. The Morgan fingerprint density at radius 2 is 1.50 bits per heavy atom. The summed E-state index contributed by atoms with van der Waals surface area (Å²) in [6.45, 7) is 4.02. The van der Waals surface area contributed by atoms with Crippen molar-refractivity contribution in [3.63, 3.8) is 0 Å². The predicted octanol–water partition coefficient (Wildman–Crippen LogP) is 6.12. The summed E-state index contributed by atoms with van der Waals surface area (Å²) < 4.78 is 0.927. The van der Waals surface area contributed by atoms with Crippen LogP contribution in [-0.4, -0.2) is 11.0 Å². The van der Waals surface area contributed by atoms with E-state index in [9.17, 15) is 9.90 Å². The number of anilines is 1. The van der Waals surface area contributed by atoms with Crippen LogP contribution in [0.5, 0.6) is 0 Å². The van der Waals surface area contributed by atoms with Crippen LogP contribution in [0.25, 0.3) is 5.57 Å². The van der Waals surface area contributed by atoms with Crippen molar-refractivity contribution in [3.8, 4) is 0 Å². The number of benzene rings is 3. The number of amides is 1. The summed E-state index contributed by atoms with van der Waals surface area (Å²) in [4.78, 5) is 14.8. The van der Waals surface area contributed by atoms with Crippen LogP contribution < -0.4 is 4.90 Å². The van der Waals surface area contributed by atoms with Crippen LogP contribution in [0.15, 0.2) is 83.0 Å². The van der Waals surface area contributed by atoms with Gasteiger partial charge in [-0.05, 0) is 49.2 Å². The molecule has 0 aromatic heterocycles. The number of carbonyl (C=O) groups is 1. The van der Waals surface area contributed by atoms with Gasteiger partial charge >= 0.3 is 0 Å². The largest absolute Gasteiger partial charge is 0.503 e. The Morgan fingerprint density at radius 3 is 2.11 bits per heavy atom. The van der Waals surface area contributed by atoms with Gasteiger partial charge in [-0.2, -0.15) is 0 Å². The summed E-state index contributed by atoms with van der Waals surface area (Å²) in [6.07, 6.45) is 0. The molecule has 1 aliphatic rings. The third-order valence-corrected chi connectivity index (χ3v) is 5.54. The Labute approximate surface area is 173 Å². The van der Waals surface area contributed by atoms with Crippen molar-refractivity contribution < 1.29 is 9.90 Å². The lowest BCUT2D eigenvalue weighted by Gasteiger charge is -2.27. The topological polar surface area (TPSA) is 40.5 Å². The number of aliphatic hydroxyl groups excluding tert-OH is 1. The SMILES string of the molecule is Cc1ccc(C2=C(O)C(=O)N(c3ccc(C)cc3)[C@@H]2c2cccc(Br)c2)cc1. The van der Waals surface area contributed by atoms with E-state index >= 15 is 0 Å². The molecule has 0 spiro atoms. The molecule has 1 amide bonds. The molecular weight excluding hydrogens is 414 g/mol. The second kappa shape index (κ2) is 7.28. The van der Waals surface area contributed by atoms with Gasteiger partial charge in [-0.1, -0.05) is 75.6 Å². The Hall–Kier alpha value is -2.85. The lowest BCUT2D eigenvalue weighted by atomic mass is 9.93. The highest BCUT2D eigenvalue weighted by Gasteiger charge is 2.41. The van der Waals surface area contributed by atoms with Gasteiger partial charge in [0.05, 0.1) is 6.04 Å². The molecule has 1 atom stereocenters. The van der Waals surface area contributed by atoms with E-state index in [4.69, 9.17) is 0 Å². The minimum atomic E-state index is -0.407. The van der Waals surface area contributed by atoms with Crippen molar-refractivity contribution in [2.24, 2.45) is 0 Å². The number of carbonyl (C=O) groups excluding carboxylic acids is 1. The molecule has 3 nitrogen and oxygen atoms in total. The lowest BCUT2D eigenvalue weighted by Crippen LogP contribution is -2.30. The number of rotatable bonds is 3. The van der Waals surface area contributed by atoms with Gasteiger partial charge in [0.15, 0.2) is 5.76 Å². The first-order valence-electron chi connectivity index (χ1n) is 9.11. The molecule has 4 rings (SSSR count). The molecule has 1 aliphatic heterocycles. The zero-order valence-corrected chi connectivity index (χ0v) is 17.3. The van der Waals surface area contributed by atoms with Crippen molar-refractivity contribution >= 4 is 33.1 Å². The number of halogens is 1. The van der Waals surface area contributed by atoms with E-state index in [1.165, 1.54) is 0 Å². The molecule has 0 bridgehead atoms. The first kappa shape index (κ1) is 18.5. The summed E-state index contributed by atoms with van der Waals surface area (Å²) in [5.41, 5.74) is 5.41. The second-order valence-corrected chi connectivity index (χ2v) is 8.01. The number of nitrogens with zero attached hydrogens (tertiary/aromatic N) is 1. The fourth-order valence-corrected chi connectivity index (χ4v) is 4.01. The van der Waals surface area contributed by atoms with Crippen LogP contribution in [0.1, 0.15) is 28.3 Å². The van der Waals surface area contributed by atoms with Crippen molar-refractivity contribution in [1.82, 2.24) is 0 Å². The molecular formula is C24H20BrNO2. The smallest absolute Gasteiger partial charge is 0.294 e. The van der Waals surface area contributed by atoms with Crippen LogP contribution in [0.4, 0.5) is 5.69 Å². The van der Waals surface area contributed by atoms with Gasteiger partial charge in [0.1, 0.15) is 0 Å². The van der Waals surface area contributed by atoms with Gasteiger partial charge in [0.2, 0.25) is 0 Å². The number of aryl methyl sites for hydroxylation is 2. The molecule has 140 valence electrons. The minimum Gasteiger partial charge on any atom is -0.503 e. The van der Waals surface area contributed by atoms with E-state index in [0.29, 0.717) is 5.57 Å². The van der Waals surface area contributed by atoms with Gasteiger partial charge < -0.3 is 5.11 Å². The molecule has 1 N–H and O–H groups in total. The fourth-order valence-electron chi connectivity index (χ4n) is 3.60. The van der Waals surface area contributed by atoms with Crippen LogP contribution >= 0.6 is 15.9 Å². The Balaban J connectivity index is 1.91. The molecule has 3 aromatic carbocycles. The molecule has 28 heavy (non-hydrogen) atoms. The van der Waals surface area contributed by atoms with Crippen molar-refractivity contribution in [2.45, 2.75) is 19.9 Å². The zero-order chi connectivity index (χ0) is 19.8. The van der Waals surface area contributed by atoms with E-state index < -0.39 is 6.04 Å². The van der Waals surface area contributed by atoms with Crippen molar-refractivity contribution in [3.05, 3.63) is 105 Å². The Bertz CT molecular complexity index is 1070. The Kier molecular flexibility index (Phi) is 4.82. The minimum absolute atomic E-state index is 0.200. The van der Waals surface area contributed by atoms with Crippen LogP contribution in [-0.2, 0) is 4.79 Å². The van der Waals surface area contributed by atoms with Crippen molar-refractivity contribution in [1.29, 1.82) is 0 Å². The van der Waals surface area contributed by atoms with E-state index in [1.807, 2.05) is 86.6 Å². The highest BCUT2D eigenvalue weighted by molar-refractivity contribution is 9.10. The second-order valence-electron chi connectivity index (χ2n) is 7.10. The molecule has 1 heterocycles. The summed E-state index contributed by atoms with van der Waals surface area (Å²) in [5.74, 6) is -0.584. The first-order valence-corrected chi connectivity index (χ1v) is 9.91. The molecule has 3 aromatic rings. The van der Waals surface area contributed by atoms with Gasteiger partial charge in [-0.25, -0.2) is 0 Å². The normalized spacial score (nSPS) is 16.8. The summed E-state index contributed by atoms with van der Waals surface area (Å²) in [7, 11) is 0. The highest BCUT2D eigenvalue weighted by Crippen LogP contribution is 2.45. The molecule has 0 aliphatic carbocycles. The monoisotopic (exact) mass is 433 g/mol. The van der Waals surface area contributed by atoms with E-state index in [1.54, 1.807) is 4.90 Å². The third kappa shape index (κ3) is 3.25. The molecule has 0 fully saturated rings. The predicted molar refractivity (Wildman–Crippen MR) is 116 cm³/mol. The van der Waals surface area contributed by atoms with Crippen molar-refractivity contribution in [2.75, 3.05) is 4.90 Å². The quantitative estimate of drug-likeness (QED) is 0.539. The van der Waals surface area contributed by atoms with Gasteiger partial charge in [-0.3, -0.25) is 9.69 Å².